The van der Waals surface area contributed by atoms with Crippen molar-refractivity contribution in [3.63, 3.8) is 0 Å². The number of nitrogens with zero attached hydrogens (tertiary/aromatic N) is 1. The number of benzene rings is 1. The first-order chi connectivity index (χ1) is 8.19. The van der Waals surface area contributed by atoms with Gasteiger partial charge in [0.2, 0.25) is 5.91 Å². The van der Waals surface area contributed by atoms with Gasteiger partial charge < -0.3 is 10.6 Å². The Morgan fingerprint density at radius 1 is 1.41 bits per heavy atom. The van der Waals surface area contributed by atoms with Crippen LogP contribution in [0.2, 0.25) is 5.02 Å². The lowest BCUT2D eigenvalue weighted by Crippen LogP contribution is -2.32. The third-order valence-corrected chi connectivity index (χ3v) is 2.89. The number of halogens is 1. The number of hydrogen-bond acceptors (Lipinski definition) is 2. The van der Waals surface area contributed by atoms with E-state index in [9.17, 15) is 4.79 Å². The van der Waals surface area contributed by atoms with Gasteiger partial charge >= 0.3 is 0 Å². The van der Waals surface area contributed by atoms with Crippen molar-refractivity contribution in [3.8, 4) is 0 Å². The molecule has 0 aliphatic heterocycles. The van der Waals surface area contributed by atoms with E-state index in [0.29, 0.717) is 24.5 Å². The largest absolute Gasteiger partial charge is 0.338 e. The van der Waals surface area contributed by atoms with Crippen LogP contribution in [-0.2, 0) is 11.3 Å². The van der Waals surface area contributed by atoms with E-state index in [0.717, 1.165) is 18.5 Å². The van der Waals surface area contributed by atoms with Crippen LogP contribution in [-0.4, -0.2) is 23.9 Å². The molecule has 4 heteroatoms. The first-order valence-corrected chi connectivity index (χ1v) is 6.28. The maximum Gasteiger partial charge on any atom is 0.224 e. The zero-order valence-electron chi connectivity index (χ0n) is 10.2. The molecule has 0 saturated carbocycles. The first-order valence-electron chi connectivity index (χ1n) is 5.90. The fourth-order valence-electron chi connectivity index (χ4n) is 1.68. The van der Waals surface area contributed by atoms with Crippen LogP contribution in [0.5, 0.6) is 0 Å². The molecule has 94 valence electrons. The van der Waals surface area contributed by atoms with Gasteiger partial charge in [-0.2, -0.15) is 0 Å². The molecule has 17 heavy (non-hydrogen) atoms. The smallest absolute Gasteiger partial charge is 0.224 e. The van der Waals surface area contributed by atoms with E-state index in [1.807, 2.05) is 29.2 Å². The summed E-state index contributed by atoms with van der Waals surface area (Å²) >= 11 is 6.09. The molecule has 0 spiro atoms. The van der Waals surface area contributed by atoms with Gasteiger partial charge in [0.05, 0.1) is 0 Å². The van der Waals surface area contributed by atoms with Crippen LogP contribution in [0.25, 0.3) is 0 Å². The number of carbonyl (C=O) groups is 1. The third kappa shape index (κ3) is 4.36. The molecule has 0 aliphatic rings. The van der Waals surface area contributed by atoms with Crippen molar-refractivity contribution in [3.05, 3.63) is 34.9 Å². The van der Waals surface area contributed by atoms with Crippen LogP contribution >= 0.6 is 11.6 Å². The summed E-state index contributed by atoms with van der Waals surface area (Å²) in [5, 5.41) is 0.703. The van der Waals surface area contributed by atoms with Gasteiger partial charge in [-0.05, 0) is 18.1 Å². The SMILES string of the molecule is CCCN(Cc1ccccc1Cl)C(=O)CCN. The molecule has 0 heterocycles. The Kier molecular flexibility index (Phi) is 6.01. The first kappa shape index (κ1) is 14.0. The zero-order valence-corrected chi connectivity index (χ0v) is 10.9. The van der Waals surface area contributed by atoms with Crippen molar-refractivity contribution in [2.75, 3.05) is 13.1 Å². The second kappa shape index (κ2) is 7.30. The number of rotatable bonds is 6. The lowest BCUT2D eigenvalue weighted by Gasteiger charge is -2.22. The third-order valence-electron chi connectivity index (χ3n) is 2.52. The average molecular weight is 255 g/mol. The quantitative estimate of drug-likeness (QED) is 0.848. The predicted molar refractivity (Wildman–Crippen MR) is 70.8 cm³/mol. The molecule has 0 bridgehead atoms. The van der Waals surface area contributed by atoms with Crippen LogP contribution in [0, 0.1) is 0 Å². The summed E-state index contributed by atoms with van der Waals surface area (Å²) in [7, 11) is 0. The molecule has 1 aromatic carbocycles. The highest BCUT2D eigenvalue weighted by molar-refractivity contribution is 6.31. The maximum absolute atomic E-state index is 11.9. The van der Waals surface area contributed by atoms with Gasteiger partial charge in [0.25, 0.3) is 0 Å². The van der Waals surface area contributed by atoms with Gasteiger partial charge in [-0.3, -0.25) is 4.79 Å². The van der Waals surface area contributed by atoms with Crippen molar-refractivity contribution >= 4 is 17.5 Å². The summed E-state index contributed by atoms with van der Waals surface area (Å²) in [5.41, 5.74) is 6.39. The van der Waals surface area contributed by atoms with Crippen molar-refractivity contribution in [2.24, 2.45) is 5.73 Å². The van der Waals surface area contributed by atoms with Crippen molar-refractivity contribution in [2.45, 2.75) is 26.3 Å². The lowest BCUT2D eigenvalue weighted by molar-refractivity contribution is -0.131. The van der Waals surface area contributed by atoms with E-state index in [4.69, 9.17) is 17.3 Å². The molecule has 1 rings (SSSR count). The Morgan fingerprint density at radius 3 is 2.71 bits per heavy atom. The summed E-state index contributed by atoms with van der Waals surface area (Å²) in [6.07, 6.45) is 1.32. The van der Waals surface area contributed by atoms with Gasteiger partial charge in [0.1, 0.15) is 0 Å². The second-order valence-corrected chi connectivity index (χ2v) is 4.35. The number of nitrogens with two attached hydrogens (primary N) is 1. The molecule has 0 fully saturated rings. The Morgan fingerprint density at radius 2 is 2.12 bits per heavy atom. The summed E-state index contributed by atoms with van der Waals surface area (Å²) < 4.78 is 0. The molecule has 0 aliphatic carbocycles. The van der Waals surface area contributed by atoms with Crippen LogP contribution in [0.1, 0.15) is 25.3 Å². The van der Waals surface area contributed by atoms with E-state index in [-0.39, 0.29) is 5.91 Å². The summed E-state index contributed by atoms with van der Waals surface area (Å²) in [6, 6.07) is 7.60. The van der Waals surface area contributed by atoms with E-state index in [1.54, 1.807) is 0 Å². The normalized spacial score (nSPS) is 10.3. The van der Waals surface area contributed by atoms with Crippen LogP contribution in [0.4, 0.5) is 0 Å². The Bertz CT molecular complexity index is 368. The Labute approximate surface area is 108 Å². The molecule has 3 nitrogen and oxygen atoms in total. The highest BCUT2D eigenvalue weighted by atomic mass is 35.5. The number of hydrogen-bond donors (Lipinski definition) is 1. The average Bonchev–Trinajstić information content (AvgIpc) is 2.31. The summed E-state index contributed by atoms with van der Waals surface area (Å²) in [5.74, 6) is 0.0919. The van der Waals surface area contributed by atoms with Crippen molar-refractivity contribution < 1.29 is 4.79 Å². The summed E-state index contributed by atoms with van der Waals surface area (Å²) in [4.78, 5) is 13.7. The van der Waals surface area contributed by atoms with Gasteiger partial charge in [-0.1, -0.05) is 36.7 Å². The molecular formula is C13H19ClN2O. The minimum atomic E-state index is 0.0919. The molecule has 0 saturated heterocycles. The minimum Gasteiger partial charge on any atom is -0.338 e. The van der Waals surface area contributed by atoms with Crippen molar-refractivity contribution in [1.82, 2.24) is 4.90 Å². The van der Waals surface area contributed by atoms with E-state index < -0.39 is 0 Å². The van der Waals surface area contributed by atoms with Crippen LogP contribution in [0.15, 0.2) is 24.3 Å². The molecule has 0 radical (unpaired) electrons. The number of carbonyl (C=O) groups excluding carboxylic acids is 1. The monoisotopic (exact) mass is 254 g/mol. The van der Waals surface area contributed by atoms with Gasteiger partial charge in [-0.15, -0.1) is 0 Å². The van der Waals surface area contributed by atoms with E-state index in [2.05, 4.69) is 6.92 Å². The number of amides is 1. The van der Waals surface area contributed by atoms with E-state index >= 15 is 0 Å². The standard InChI is InChI=1S/C13H19ClN2O/c1-2-9-16(13(17)7-8-15)10-11-5-3-4-6-12(11)14/h3-6H,2,7-10,15H2,1H3. The van der Waals surface area contributed by atoms with Crippen LogP contribution < -0.4 is 5.73 Å². The lowest BCUT2D eigenvalue weighted by atomic mass is 10.2. The molecule has 1 amide bonds. The zero-order chi connectivity index (χ0) is 12.7. The van der Waals surface area contributed by atoms with Crippen molar-refractivity contribution in [1.29, 1.82) is 0 Å². The Balaban J connectivity index is 2.73. The fourth-order valence-corrected chi connectivity index (χ4v) is 1.87. The Hall–Kier alpha value is -1.06. The molecule has 0 aromatic heterocycles. The van der Waals surface area contributed by atoms with Gasteiger partial charge in [0.15, 0.2) is 0 Å². The highest BCUT2D eigenvalue weighted by Gasteiger charge is 2.13. The van der Waals surface area contributed by atoms with E-state index in [1.165, 1.54) is 0 Å². The topological polar surface area (TPSA) is 46.3 Å². The highest BCUT2D eigenvalue weighted by Crippen LogP contribution is 2.17. The van der Waals surface area contributed by atoms with Gasteiger partial charge in [0, 0.05) is 31.1 Å². The summed E-state index contributed by atoms with van der Waals surface area (Å²) in [6.45, 7) is 3.74. The predicted octanol–water partition coefficient (Wildman–Crippen LogP) is 2.43. The fraction of sp³-hybridized carbons (Fsp3) is 0.462. The van der Waals surface area contributed by atoms with Gasteiger partial charge in [-0.25, -0.2) is 0 Å². The molecule has 0 atom stereocenters. The molecule has 0 unspecified atom stereocenters. The molecular weight excluding hydrogens is 236 g/mol. The molecule has 2 N–H and O–H groups in total. The molecule has 1 aromatic rings. The van der Waals surface area contributed by atoms with Crippen LogP contribution in [0.3, 0.4) is 0 Å². The second-order valence-electron chi connectivity index (χ2n) is 3.95. The maximum atomic E-state index is 11.9. The minimum absolute atomic E-state index is 0.0919.